The number of sulfonamides is 1. The predicted molar refractivity (Wildman–Crippen MR) is 83.3 cm³/mol. The fourth-order valence-corrected chi connectivity index (χ4v) is 4.85. The maximum atomic E-state index is 13.8. The van der Waals surface area contributed by atoms with E-state index in [0.717, 1.165) is 30.9 Å². The molecule has 0 bridgehead atoms. The van der Waals surface area contributed by atoms with E-state index in [4.69, 9.17) is 0 Å². The Bertz CT molecular complexity index is 830. The van der Waals surface area contributed by atoms with Gasteiger partial charge in [0.2, 0.25) is 0 Å². The number of fused-ring (bicyclic) bond motifs is 1. The average Bonchev–Trinajstić information content (AvgIpc) is 2.83. The van der Waals surface area contributed by atoms with Crippen LogP contribution in [0.5, 0.6) is 0 Å². The summed E-state index contributed by atoms with van der Waals surface area (Å²) in [4.78, 5) is -0.602. The highest BCUT2D eigenvalue weighted by atomic mass is 79.9. The van der Waals surface area contributed by atoms with Crippen molar-refractivity contribution >= 4 is 31.6 Å². The third-order valence-electron chi connectivity index (χ3n) is 3.58. The summed E-state index contributed by atoms with van der Waals surface area (Å²) in [5, 5.41) is 0. The van der Waals surface area contributed by atoms with Gasteiger partial charge >= 0.3 is 0 Å². The van der Waals surface area contributed by atoms with Gasteiger partial charge in [0.1, 0.15) is 16.5 Å². The Morgan fingerprint density at radius 1 is 1.05 bits per heavy atom. The predicted octanol–water partition coefficient (Wildman–Crippen LogP) is 4.02. The molecule has 2 aromatic carbocycles. The van der Waals surface area contributed by atoms with Crippen molar-refractivity contribution in [1.29, 1.82) is 0 Å². The molecule has 0 fully saturated rings. The van der Waals surface area contributed by atoms with Crippen LogP contribution in [0.1, 0.15) is 17.5 Å². The summed E-state index contributed by atoms with van der Waals surface area (Å²) in [5.41, 5.74) is 2.67. The van der Waals surface area contributed by atoms with E-state index in [0.29, 0.717) is 11.8 Å². The van der Waals surface area contributed by atoms with Crippen molar-refractivity contribution in [2.45, 2.75) is 24.2 Å². The van der Waals surface area contributed by atoms with E-state index in [1.165, 1.54) is 5.56 Å². The number of nitrogens with one attached hydrogen (secondary N) is 1. The molecule has 0 spiro atoms. The van der Waals surface area contributed by atoms with E-state index < -0.39 is 26.6 Å². The molecular weight excluding hydrogens is 376 g/mol. The van der Waals surface area contributed by atoms with Gasteiger partial charge in [0.05, 0.1) is 0 Å². The first kappa shape index (κ1) is 15.4. The van der Waals surface area contributed by atoms with Crippen molar-refractivity contribution in [2.75, 3.05) is 4.72 Å². The highest BCUT2D eigenvalue weighted by Gasteiger charge is 2.24. The molecule has 0 aliphatic heterocycles. The van der Waals surface area contributed by atoms with Crippen molar-refractivity contribution in [3.8, 4) is 0 Å². The largest absolute Gasteiger partial charge is 0.279 e. The van der Waals surface area contributed by atoms with E-state index in [-0.39, 0.29) is 4.47 Å². The second kappa shape index (κ2) is 5.62. The Kier molecular flexibility index (Phi) is 3.94. The SMILES string of the molecule is O=S(=O)(Nc1ccc2c(c1)CCC2)c1c(F)cc(F)cc1Br. The van der Waals surface area contributed by atoms with Gasteiger partial charge in [0, 0.05) is 16.2 Å². The summed E-state index contributed by atoms with van der Waals surface area (Å²) in [7, 11) is -4.15. The van der Waals surface area contributed by atoms with Gasteiger partial charge in [-0.25, -0.2) is 17.2 Å². The lowest BCUT2D eigenvalue weighted by atomic mass is 10.1. The second-order valence-electron chi connectivity index (χ2n) is 5.14. The van der Waals surface area contributed by atoms with E-state index in [9.17, 15) is 17.2 Å². The van der Waals surface area contributed by atoms with Crippen molar-refractivity contribution in [3.63, 3.8) is 0 Å². The van der Waals surface area contributed by atoms with E-state index >= 15 is 0 Å². The summed E-state index contributed by atoms with van der Waals surface area (Å²) in [6.45, 7) is 0. The number of benzene rings is 2. The van der Waals surface area contributed by atoms with Crippen molar-refractivity contribution in [1.82, 2.24) is 0 Å². The van der Waals surface area contributed by atoms with Gasteiger partial charge in [0.25, 0.3) is 10.0 Å². The molecule has 1 aliphatic rings. The van der Waals surface area contributed by atoms with Gasteiger partial charge < -0.3 is 0 Å². The van der Waals surface area contributed by atoms with Crippen molar-refractivity contribution < 1.29 is 17.2 Å². The van der Waals surface area contributed by atoms with Crippen LogP contribution in [0.4, 0.5) is 14.5 Å². The Balaban J connectivity index is 1.98. The van der Waals surface area contributed by atoms with Crippen LogP contribution in [0.2, 0.25) is 0 Å². The van der Waals surface area contributed by atoms with Crippen LogP contribution in [-0.4, -0.2) is 8.42 Å². The minimum atomic E-state index is -4.15. The molecule has 0 amide bonds. The first-order valence-electron chi connectivity index (χ1n) is 6.66. The molecule has 0 saturated carbocycles. The first-order chi connectivity index (χ1) is 10.4. The van der Waals surface area contributed by atoms with E-state index in [2.05, 4.69) is 20.7 Å². The molecular formula is C15H12BrF2NO2S. The highest BCUT2D eigenvalue weighted by molar-refractivity contribution is 9.10. The van der Waals surface area contributed by atoms with Crippen LogP contribution in [0.25, 0.3) is 0 Å². The van der Waals surface area contributed by atoms with Gasteiger partial charge in [-0.1, -0.05) is 6.07 Å². The molecule has 22 heavy (non-hydrogen) atoms. The van der Waals surface area contributed by atoms with Gasteiger partial charge in [0.15, 0.2) is 0 Å². The molecule has 116 valence electrons. The normalized spacial score (nSPS) is 14.0. The van der Waals surface area contributed by atoms with Crippen molar-refractivity contribution in [3.05, 3.63) is 57.6 Å². The van der Waals surface area contributed by atoms with Crippen LogP contribution >= 0.6 is 15.9 Å². The number of hydrogen-bond acceptors (Lipinski definition) is 2. The zero-order valence-electron chi connectivity index (χ0n) is 11.4. The van der Waals surface area contributed by atoms with Crippen LogP contribution < -0.4 is 4.72 Å². The lowest BCUT2D eigenvalue weighted by molar-refractivity contribution is 0.548. The zero-order valence-corrected chi connectivity index (χ0v) is 13.8. The fraction of sp³-hybridized carbons (Fsp3) is 0.200. The molecule has 0 heterocycles. The fourth-order valence-electron chi connectivity index (χ4n) is 2.63. The standard InChI is InChI=1S/C15H12BrF2NO2S/c16-13-7-11(17)8-14(18)15(13)22(20,21)19-12-5-4-9-2-1-3-10(9)6-12/h4-8,19H,1-3H2. The molecule has 0 radical (unpaired) electrons. The topological polar surface area (TPSA) is 46.2 Å². The molecule has 2 aromatic rings. The average molecular weight is 388 g/mol. The monoisotopic (exact) mass is 387 g/mol. The number of hydrogen-bond donors (Lipinski definition) is 1. The summed E-state index contributed by atoms with van der Waals surface area (Å²) >= 11 is 2.90. The Hall–Kier alpha value is -1.47. The van der Waals surface area contributed by atoms with Gasteiger partial charge in [-0.3, -0.25) is 4.72 Å². The molecule has 0 saturated heterocycles. The minimum Gasteiger partial charge on any atom is -0.279 e. The molecule has 0 atom stereocenters. The third-order valence-corrected chi connectivity index (χ3v) is 5.93. The smallest absolute Gasteiger partial charge is 0.265 e. The number of anilines is 1. The van der Waals surface area contributed by atoms with Crippen molar-refractivity contribution in [2.24, 2.45) is 0 Å². The Morgan fingerprint density at radius 3 is 2.50 bits per heavy atom. The molecule has 3 nitrogen and oxygen atoms in total. The molecule has 0 unspecified atom stereocenters. The summed E-state index contributed by atoms with van der Waals surface area (Å²) in [6, 6.07) is 6.74. The van der Waals surface area contributed by atoms with Gasteiger partial charge in [-0.15, -0.1) is 0 Å². The zero-order chi connectivity index (χ0) is 15.9. The second-order valence-corrected chi connectivity index (χ2v) is 7.61. The quantitative estimate of drug-likeness (QED) is 0.864. The van der Waals surface area contributed by atoms with Crippen LogP contribution in [-0.2, 0) is 22.9 Å². The van der Waals surface area contributed by atoms with Crippen LogP contribution in [0.3, 0.4) is 0 Å². The van der Waals surface area contributed by atoms with Crippen LogP contribution in [0, 0.1) is 11.6 Å². The molecule has 0 aromatic heterocycles. The molecule has 7 heteroatoms. The first-order valence-corrected chi connectivity index (χ1v) is 8.93. The number of rotatable bonds is 3. The maximum Gasteiger partial charge on any atom is 0.265 e. The lowest BCUT2D eigenvalue weighted by Gasteiger charge is -2.12. The van der Waals surface area contributed by atoms with Crippen LogP contribution in [0.15, 0.2) is 39.7 Å². The number of halogens is 3. The van der Waals surface area contributed by atoms with Gasteiger partial charge in [-0.2, -0.15) is 0 Å². The van der Waals surface area contributed by atoms with E-state index in [1.54, 1.807) is 12.1 Å². The third kappa shape index (κ3) is 2.87. The molecule has 3 rings (SSSR count). The van der Waals surface area contributed by atoms with Gasteiger partial charge in [-0.05, 0) is 64.5 Å². The molecule has 1 aliphatic carbocycles. The summed E-state index contributed by atoms with van der Waals surface area (Å²) in [6.07, 6.45) is 2.93. The highest BCUT2D eigenvalue weighted by Crippen LogP contribution is 2.30. The number of aryl methyl sites for hydroxylation is 2. The lowest BCUT2D eigenvalue weighted by Crippen LogP contribution is -2.15. The minimum absolute atomic E-state index is 0.154. The Morgan fingerprint density at radius 2 is 1.77 bits per heavy atom. The summed E-state index contributed by atoms with van der Waals surface area (Å²) in [5.74, 6) is -1.98. The van der Waals surface area contributed by atoms with E-state index in [1.807, 2.05) is 6.07 Å². The maximum absolute atomic E-state index is 13.8. The summed E-state index contributed by atoms with van der Waals surface area (Å²) < 4.78 is 53.8. The Labute approximate surface area is 135 Å². The molecule has 1 N–H and O–H groups in total.